The Hall–Kier alpha value is -2.34. The molecule has 2 aromatic carbocycles. The van der Waals surface area contributed by atoms with Gasteiger partial charge in [0.15, 0.2) is 0 Å². The molecule has 1 N–H and O–H groups in total. The van der Waals surface area contributed by atoms with Crippen LogP contribution in [0.25, 0.3) is 11.1 Å². The molecule has 0 spiro atoms. The standard InChI is InChI=1S/C19H20F3NO2/c1-3-6-13(2)25-23-18(24)17-8-5-4-7-16(17)14-9-11-15(12-10-14)19(20,21)22/h4-5,7-13H,3,6H2,1-2H3,(H,23,24)/t13-/m0/s1. The summed E-state index contributed by atoms with van der Waals surface area (Å²) in [5.74, 6) is -0.432. The molecule has 1 amide bonds. The predicted octanol–water partition coefficient (Wildman–Crippen LogP) is 5.22. The highest BCUT2D eigenvalue weighted by Crippen LogP contribution is 2.31. The zero-order valence-electron chi connectivity index (χ0n) is 14.1. The van der Waals surface area contributed by atoms with Crippen molar-refractivity contribution in [3.05, 3.63) is 59.7 Å². The average molecular weight is 351 g/mol. The molecule has 2 aromatic rings. The number of rotatable bonds is 6. The molecular weight excluding hydrogens is 331 g/mol. The summed E-state index contributed by atoms with van der Waals surface area (Å²) < 4.78 is 38.1. The van der Waals surface area contributed by atoms with Gasteiger partial charge in [-0.05, 0) is 42.7 Å². The summed E-state index contributed by atoms with van der Waals surface area (Å²) in [6, 6.07) is 11.4. The second-order valence-corrected chi connectivity index (χ2v) is 5.77. The van der Waals surface area contributed by atoms with E-state index in [0.29, 0.717) is 16.7 Å². The first-order chi connectivity index (χ1) is 11.8. The minimum Gasteiger partial charge on any atom is -0.270 e. The van der Waals surface area contributed by atoms with Crippen molar-refractivity contribution < 1.29 is 22.8 Å². The van der Waals surface area contributed by atoms with Crippen LogP contribution in [0.3, 0.4) is 0 Å². The highest BCUT2D eigenvalue weighted by atomic mass is 19.4. The van der Waals surface area contributed by atoms with Crippen LogP contribution in [0.15, 0.2) is 48.5 Å². The maximum absolute atomic E-state index is 12.7. The van der Waals surface area contributed by atoms with E-state index >= 15 is 0 Å². The van der Waals surface area contributed by atoms with E-state index < -0.39 is 17.6 Å². The maximum atomic E-state index is 12.7. The second-order valence-electron chi connectivity index (χ2n) is 5.77. The molecule has 0 aliphatic rings. The number of carbonyl (C=O) groups is 1. The maximum Gasteiger partial charge on any atom is 0.416 e. The molecule has 0 saturated carbocycles. The molecule has 0 aromatic heterocycles. The number of hydrogen-bond acceptors (Lipinski definition) is 2. The molecular formula is C19H20F3NO2. The monoisotopic (exact) mass is 351 g/mol. The van der Waals surface area contributed by atoms with Crippen LogP contribution in [0.4, 0.5) is 13.2 Å². The van der Waals surface area contributed by atoms with E-state index in [1.165, 1.54) is 12.1 Å². The number of carbonyl (C=O) groups excluding carboxylic acids is 1. The third-order valence-electron chi connectivity index (χ3n) is 3.74. The Kier molecular flexibility index (Phi) is 6.20. The van der Waals surface area contributed by atoms with Gasteiger partial charge in [-0.25, -0.2) is 5.48 Å². The quantitative estimate of drug-likeness (QED) is 0.725. The van der Waals surface area contributed by atoms with Gasteiger partial charge in [0, 0.05) is 5.56 Å². The van der Waals surface area contributed by atoms with E-state index in [4.69, 9.17) is 4.84 Å². The lowest BCUT2D eigenvalue weighted by Crippen LogP contribution is -2.28. The van der Waals surface area contributed by atoms with Crippen molar-refractivity contribution in [2.75, 3.05) is 0 Å². The Bertz CT molecular complexity index is 711. The first-order valence-corrected chi connectivity index (χ1v) is 8.05. The van der Waals surface area contributed by atoms with Gasteiger partial charge in [0.2, 0.25) is 0 Å². The molecule has 3 nitrogen and oxygen atoms in total. The molecule has 2 rings (SSSR count). The number of alkyl halides is 3. The van der Waals surface area contributed by atoms with Gasteiger partial charge >= 0.3 is 6.18 Å². The van der Waals surface area contributed by atoms with Gasteiger partial charge in [-0.15, -0.1) is 0 Å². The first-order valence-electron chi connectivity index (χ1n) is 8.05. The Morgan fingerprint density at radius 3 is 2.36 bits per heavy atom. The number of hydrogen-bond donors (Lipinski definition) is 1. The zero-order chi connectivity index (χ0) is 18.4. The van der Waals surface area contributed by atoms with Crippen LogP contribution >= 0.6 is 0 Å². The van der Waals surface area contributed by atoms with E-state index in [9.17, 15) is 18.0 Å². The van der Waals surface area contributed by atoms with Gasteiger partial charge in [0.05, 0.1) is 11.7 Å². The van der Waals surface area contributed by atoms with Crippen molar-refractivity contribution in [1.82, 2.24) is 5.48 Å². The summed E-state index contributed by atoms with van der Waals surface area (Å²) in [5, 5.41) is 0. The van der Waals surface area contributed by atoms with Crippen molar-refractivity contribution in [3.8, 4) is 11.1 Å². The summed E-state index contributed by atoms with van der Waals surface area (Å²) in [7, 11) is 0. The summed E-state index contributed by atoms with van der Waals surface area (Å²) in [4.78, 5) is 17.7. The fraction of sp³-hybridized carbons (Fsp3) is 0.316. The minimum atomic E-state index is -4.39. The SMILES string of the molecule is CCC[C@H](C)ONC(=O)c1ccccc1-c1ccc(C(F)(F)F)cc1. The van der Waals surface area contributed by atoms with Gasteiger partial charge in [0.25, 0.3) is 5.91 Å². The van der Waals surface area contributed by atoms with E-state index in [-0.39, 0.29) is 6.10 Å². The van der Waals surface area contributed by atoms with Gasteiger partial charge in [0.1, 0.15) is 0 Å². The molecule has 0 unspecified atom stereocenters. The molecule has 0 radical (unpaired) electrons. The zero-order valence-corrected chi connectivity index (χ0v) is 14.1. The normalized spacial score (nSPS) is 12.7. The van der Waals surface area contributed by atoms with Crippen LogP contribution in [0.5, 0.6) is 0 Å². The fourth-order valence-corrected chi connectivity index (χ4v) is 2.45. The summed E-state index contributed by atoms with van der Waals surface area (Å²) in [5.41, 5.74) is 3.09. The van der Waals surface area contributed by atoms with E-state index in [2.05, 4.69) is 5.48 Å². The van der Waals surface area contributed by atoms with Crippen LogP contribution in [-0.4, -0.2) is 12.0 Å². The van der Waals surface area contributed by atoms with E-state index in [1.807, 2.05) is 13.8 Å². The van der Waals surface area contributed by atoms with Gasteiger partial charge in [-0.1, -0.05) is 43.7 Å². The smallest absolute Gasteiger partial charge is 0.270 e. The fourth-order valence-electron chi connectivity index (χ4n) is 2.45. The van der Waals surface area contributed by atoms with Gasteiger partial charge in [-0.3, -0.25) is 9.63 Å². The molecule has 0 heterocycles. The highest BCUT2D eigenvalue weighted by Gasteiger charge is 2.30. The molecule has 0 aliphatic heterocycles. The van der Waals surface area contributed by atoms with Crippen molar-refractivity contribution in [3.63, 3.8) is 0 Å². The number of hydroxylamine groups is 1. The lowest BCUT2D eigenvalue weighted by atomic mass is 9.98. The number of amides is 1. The number of halogens is 3. The minimum absolute atomic E-state index is 0.118. The van der Waals surface area contributed by atoms with Crippen molar-refractivity contribution in [2.24, 2.45) is 0 Å². The molecule has 0 fully saturated rings. The predicted molar refractivity (Wildman–Crippen MR) is 89.8 cm³/mol. The van der Waals surface area contributed by atoms with Crippen molar-refractivity contribution in [2.45, 2.75) is 39.0 Å². The molecule has 0 aliphatic carbocycles. The first kappa shape index (κ1) is 19.0. The second kappa shape index (κ2) is 8.16. The molecule has 134 valence electrons. The Morgan fingerprint density at radius 2 is 1.76 bits per heavy atom. The lowest BCUT2D eigenvalue weighted by molar-refractivity contribution is -0.137. The van der Waals surface area contributed by atoms with Crippen LogP contribution in [-0.2, 0) is 11.0 Å². The van der Waals surface area contributed by atoms with Gasteiger partial charge < -0.3 is 0 Å². The van der Waals surface area contributed by atoms with Crippen LogP contribution in [0, 0.1) is 0 Å². The lowest BCUT2D eigenvalue weighted by Gasteiger charge is -2.14. The van der Waals surface area contributed by atoms with Gasteiger partial charge in [-0.2, -0.15) is 13.2 Å². The molecule has 6 heteroatoms. The summed E-state index contributed by atoms with van der Waals surface area (Å²) in [6.07, 6.45) is -2.77. The number of nitrogens with one attached hydrogen (secondary N) is 1. The third-order valence-corrected chi connectivity index (χ3v) is 3.74. The van der Waals surface area contributed by atoms with E-state index in [1.54, 1.807) is 24.3 Å². The largest absolute Gasteiger partial charge is 0.416 e. The van der Waals surface area contributed by atoms with Crippen LogP contribution in [0.2, 0.25) is 0 Å². The Labute approximate surface area is 144 Å². The average Bonchev–Trinajstić information content (AvgIpc) is 2.59. The van der Waals surface area contributed by atoms with Crippen molar-refractivity contribution in [1.29, 1.82) is 0 Å². The van der Waals surface area contributed by atoms with E-state index in [0.717, 1.165) is 25.0 Å². The Morgan fingerprint density at radius 1 is 1.12 bits per heavy atom. The summed E-state index contributed by atoms with van der Waals surface area (Å²) in [6.45, 7) is 3.87. The molecule has 0 saturated heterocycles. The van der Waals surface area contributed by atoms with Crippen LogP contribution in [0.1, 0.15) is 42.6 Å². The van der Waals surface area contributed by atoms with Crippen molar-refractivity contribution >= 4 is 5.91 Å². The third kappa shape index (κ3) is 5.06. The molecule has 1 atom stereocenters. The molecule has 25 heavy (non-hydrogen) atoms. The Balaban J connectivity index is 2.21. The molecule has 0 bridgehead atoms. The topological polar surface area (TPSA) is 38.3 Å². The van der Waals surface area contributed by atoms with Crippen LogP contribution < -0.4 is 5.48 Å². The number of benzene rings is 2. The summed E-state index contributed by atoms with van der Waals surface area (Å²) >= 11 is 0. The highest BCUT2D eigenvalue weighted by molar-refractivity contribution is 6.00.